The number of hydrogen-bond donors (Lipinski definition) is 1. The van der Waals surface area contributed by atoms with E-state index in [9.17, 15) is 4.79 Å². The van der Waals surface area contributed by atoms with Crippen LogP contribution in [0.5, 0.6) is 0 Å². The molecule has 0 aliphatic heterocycles. The predicted molar refractivity (Wildman–Crippen MR) is 79.9 cm³/mol. The molecule has 0 bridgehead atoms. The fraction of sp³-hybridized carbons (Fsp3) is 0.357. The van der Waals surface area contributed by atoms with Gasteiger partial charge in [-0.25, -0.2) is 0 Å². The lowest BCUT2D eigenvalue weighted by Crippen LogP contribution is -2.19. The predicted octanol–water partition coefficient (Wildman–Crippen LogP) is 3.58. The number of benzene rings is 1. The van der Waals surface area contributed by atoms with Crippen LogP contribution in [0.2, 0.25) is 10.0 Å². The zero-order chi connectivity index (χ0) is 14.0. The third-order valence-corrected chi connectivity index (χ3v) is 3.83. The largest absolute Gasteiger partial charge is 0.357 e. The fourth-order valence-corrected chi connectivity index (χ4v) is 2.46. The highest BCUT2D eigenvalue weighted by Gasteiger charge is 2.23. The molecule has 0 amide bonds. The van der Waals surface area contributed by atoms with Gasteiger partial charge in [-0.2, -0.15) is 0 Å². The Bertz CT molecular complexity index is 538. The molecule has 1 aliphatic rings. The number of halogens is 2. The lowest BCUT2D eigenvalue weighted by atomic mass is 10.2. The van der Waals surface area contributed by atoms with E-state index in [4.69, 9.17) is 23.2 Å². The highest BCUT2D eigenvalue weighted by molar-refractivity contribution is 6.43. The lowest BCUT2D eigenvalue weighted by Gasteiger charge is -2.14. The smallest absolute Gasteiger partial charge is 0.162 e. The van der Waals surface area contributed by atoms with Gasteiger partial charge in [-0.15, -0.1) is 0 Å². The standard InChI is InChI=1S/C14H16Cl2N2O/c1-18(2)8-9-11(6-7-13(9)19)17-12-5-3-4-10(15)14(12)16/h3-5,17H,6-8H2,1-2H3. The summed E-state index contributed by atoms with van der Waals surface area (Å²) >= 11 is 12.1. The number of nitrogens with zero attached hydrogens (tertiary/aromatic N) is 1. The molecular weight excluding hydrogens is 283 g/mol. The number of rotatable bonds is 4. The second kappa shape index (κ2) is 5.95. The van der Waals surface area contributed by atoms with Crippen LogP contribution < -0.4 is 5.32 Å². The van der Waals surface area contributed by atoms with Crippen molar-refractivity contribution in [1.82, 2.24) is 4.90 Å². The normalized spacial score (nSPS) is 15.5. The molecule has 102 valence electrons. The Morgan fingerprint density at radius 3 is 2.68 bits per heavy atom. The first-order chi connectivity index (χ1) is 8.99. The Kier molecular flexibility index (Phi) is 4.50. The van der Waals surface area contributed by atoms with E-state index in [-0.39, 0.29) is 5.78 Å². The molecule has 19 heavy (non-hydrogen) atoms. The van der Waals surface area contributed by atoms with Crippen molar-refractivity contribution >= 4 is 34.7 Å². The molecular formula is C14H16Cl2N2O. The fourth-order valence-electron chi connectivity index (χ4n) is 2.11. The first kappa shape index (κ1) is 14.4. The van der Waals surface area contributed by atoms with Gasteiger partial charge in [-0.1, -0.05) is 29.3 Å². The van der Waals surface area contributed by atoms with E-state index in [0.29, 0.717) is 23.0 Å². The summed E-state index contributed by atoms with van der Waals surface area (Å²) in [6, 6.07) is 5.43. The number of nitrogens with one attached hydrogen (secondary N) is 1. The van der Waals surface area contributed by atoms with Crippen molar-refractivity contribution in [1.29, 1.82) is 0 Å². The molecule has 0 spiro atoms. The summed E-state index contributed by atoms with van der Waals surface area (Å²) in [4.78, 5) is 13.9. The van der Waals surface area contributed by atoms with Gasteiger partial charge >= 0.3 is 0 Å². The molecule has 5 heteroatoms. The van der Waals surface area contributed by atoms with Crippen LogP contribution in [0.1, 0.15) is 12.8 Å². The van der Waals surface area contributed by atoms with Crippen molar-refractivity contribution in [2.24, 2.45) is 0 Å². The summed E-state index contributed by atoms with van der Waals surface area (Å²) in [7, 11) is 3.89. The molecule has 1 aromatic carbocycles. The summed E-state index contributed by atoms with van der Waals surface area (Å²) in [6.45, 7) is 0.638. The van der Waals surface area contributed by atoms with E-state index in [1.165, 1.54) is 0 Å². The summed E-state index contributed by atoms with van der Waals surface area (Å²) < 4.78 is 0. The maximum atomic E-state index is 11.9. The minimum Gasteiger partial charge on any atom is -0.357 e. The molecule has 1 aromatic rings. The number of ketones is 1. The van der Waals surface area contributed by atoms with Gasteiger partial charge in [0.15, 0.2) is 5.78 Å². The molecule has 0 heterocycles. The quantitative estimate of drug-likeness (QED) is 0.922. The van der Waals surface area contributed by atoms with Crippen LogP contribution in [0.3, 0.4) is 0 Å². The molecule has 0 unspecified atom stereocenters. The molecule has 0 aromatic heterocycles. The third kappa shape index (κ3) is 3.30. The number of allylic oxidation sites excluding steroid dienone is 1. The van der Waals surface area contributed by atoms with Gasteiger partial charge in [0.1, 0.15) is 0 Å². The van der Waals surface area contributed by atoms with Crippen LogP contribution in [0.25, 0.3) is 0 Å². The van der Waals surface area contributed by atoms with Gasteiger partial charge in [0.25, 0.3) is 0 Å². The Labute approximate surface area is 123 Å². The van der Waals surface area contributed by atoms with Crippen molar-refractivity contribution in [3.05, 3.63) is 39.5 Å². The minimum absolute atomic E-state index is 0.203. The highest BCUT2D eigenvalue weighted by atomic mass is 35.5. The van der Waals surface area contributed by atoms with E-state index in [1.807, 2.05) is 31.1 Å². The number of likely N-dealkylation sites (N-methyl/N-ethyl adjacent to an activating group) is 1. The zero-order valence-electron chi connectivity index (χ0n) is 11.0. The van der Waals surface area contributed by atoms with Crippen molar-refractivity contribution < 1.29 is 4.79 Å². The zero-order valence-corrected chi connectivity index (χ0v) is 12.5. The Morgan fingerprint density at radius 1 is 1.26 bits per heavy atom. The molecule has 1 aliphatic carbocycles. The van der Waals surface area contributed by atoms with Gasteiger partial charge in [0.05, 0.1) is 15.7 Å². The highest BCUT2D eigenvalue weighted by Crippen LogP contribution is 2.33. The molecule has 0 saturated heterocycles. The number of anilines is 1. The molecule has 0 radical (unpaired) electrons. The van der Waals surface area contributed by atoms with Gasteiger partial charge in [-0.05, 0) is 32.6 Å². The van der Waals surface area contributed by atoms with E-state index in [1.54, 1.807) is 6.07 Å². The van der Waals surface area contributed by atoms with Crippen LogP contribution in [-0.2, 0) is 4.79 Å². The van der Waals surface area contributed by atoms with Crippen LogP contribution in [0, 0.1) is 0 Å². The van der Waals surface area contributed by atoms with Gasteiger partial charge in [-0.3, -0.25) is 4.79 Å². The molecule has 0 saturated carbocycles. The van der Waals surface area contributed by atoms with Crippen LogP contribution in [0.4, 0.5) is 5.69 Å². The van der Waals surface area contributed by atoms with E-state index < -0.39 is 0 Å². The van der Waals surface area contributed by atoms with Crippen LogP contribution in [0.15, 0.2) is 29.5 Å². The Hall–Kier alpha value is -1.03. The maximum absolute atomic E-state index is 11.9. The third-order valence-electron chi connectivity index (χ3n) is 3.01. The molecule has 3 nitrogen and oxygen atoms in total. The summed E-state index contributed by atoms with van der Waals surface area (Å²) in [6.07, 6.45) is 1.29. The van der Waals surface area contributed by atoms with Gasteiger partial charge in [0.2, 0.25) is 0 Å². The minimum atomic E-state index is 0.203. The van der Waals surface area contributed by atoms with E-state index in [2.05, 4.69) is 5.32 Å². The second-order valence-electron chi connectivity index (χ2n) is 4.84. The van der Waals surface area contributed by atoms with Crippen molar-refractivity contribution in [3.8, 4) is 0 Å². The second-order valence-corrected chi connectivity index (χ2v) is 5.63. The molecule has 0 fully saturated rings. The summed E-state index contributed by atoms with van der Waals surface area (Å²) in [5.74, 6) is 0.203. The number of Topliss-reactive ketones (excluding diaryl/α,β-unsaturated/α-hetero) is 1. The molecule has 0 atom stereocenters. The summed E-state index contributed by atoms with van der Waals surface area (Å²) in [5.41, 5.74) is 2.53. The average Bonchev–Trinajstić information content (AvgIpc) is 2.67. The number of carbonyl (C=O) groups excluding carboxylic acids is 1. The van der Waals surface area contributed by atoms with Crippen LogP contribution >= 0.6 is 23.2 Å². The maximum Gasteiger partial charge on any atom is 0.162 e. The average molecular weight is 299 g/mol. The number of carbonyl (C=O) groups is 1. The lowest BCUT2D eigenvalue weighted by molar-refractivity contribution is -0.115. The summed E-state index contributed by atoms with van der Waals surface area (Å²) in [5, 5.41) is 4.24. The van der Waals surface area contributed by atoms with Gasteiger partial charge < -0.3 is 10.2 Å². The van der Waals surface area contributed by atoms with Crippen molar-refractivity contribution in [3.63, 3.8) is 0 Å². The SMILES string of the molecule is CN(C)CC1=C(Nc2cccc(Cl)c2Cl)CCC1=O. The molecule has 1 N–H and O–H groups in total. The Balaban J connectivity index is 2.28. The van der Waals surface area contributed by atoms with Crippen molar-refractivity contribution in [2.45, 2.75) is 12.8 Å². The molecule has 2 rings (SSSR count). The van der Waals surface area contributed by atoms with E-state index in [0.717, 1.165) is 23.4 Å². The van der Waals surface area contributed by atoms with Gasteiger partial charge in [0, 0.05) is 24.2 Å². The first-order valence-corrected chi connectivity index (χ1v) is 6.85. The van der Waals surface area contributed by atoms with E-state index >= 15 is 0 Å². The van der Waals surface area contributed by atoms with Crippen LogP contribution in [-0.4, -0.2) is 31.3 Å². The monoisotopic (exact) mass is 298 g/mol. The first-order valence-electron chi connectivity index (χ1n) is 6.10. The topological polar surface area (TPSA) is 32.3 Å². The Morgan fingerprint density at radius 2 is 2.00 bits per heavy atom. The number of hydrogen-bond acceptors (Lipinski definition) is 3. The van der Waals surface area contributed by atoms with Crippen molar-refractivity contribution in [2.75, 3.05) is 26.0 Å².